The first-order chi connectivity index (χ1) is 10.7. The van der Waals surface area contributed by atoms with Gasteiger partial charge in [-0.15, -0.1) is 0 Å². The summed E-state index contributed by atoms with van der Waals surface area (Å²) in [6, 6.07) is 0. The Kier molecular flexibility index (Phi) is 19.8. The van der Waals surface area contributed by atoms with E-state index in [0.29, 0.717) is 32.3 Å². The molecule has 0 aromatic rings. The molecule has 0 bridgehead atoms. The van der Waals surface area contributed by atoms with E-state index in [9.17, 15) is 4.79 Å². The Hall–Kier alpha value is -1.69. The van der Waals surface area contributed by atoms with Crippen molar-refractivity contribution >= 4 is 6.09 Å². The van der Waals surface area contributed by atoms with Gasteiger partial charge in [-0.05, 0) is 45.5 Å². The zero-order valence-electron chi connectivity index (χ0n) is 14.0. The molecule has 0 atom stereocenters. The van der Waals surface area contributed by atoms with Gasteiger partial charge in [0.2, 0.25) is 0 Å². The van der Waals surface area contributed by atoms with Gasteiger partial charge in [-0.3, -0.25) is 0 Å². The van der Waals surface area contributed by atoms with Crippen LogP contribution in [-0.4, -0.2) is 54.1 Å². The van der Waals surface area contributed by atoms with Crippen molar-refractivity contribution in [3.63, 3.8) is 0 Å². The van der Waals surface area contributed by atoms with Crippen LogP contribution >= 0.6 is 0 Å². The molecule has 0 aliphatic rings. The minimum absolute atomic E-state index is 0.187. The van der Waals surface area contributed by atoms with E-state index in [1.807, 2.05) is 13.8 Å². The minimum Gasteiger partial charge on any atom is -0.450 e. The molecule has 0 radical (unpaired) electrons. The van der Waals surface area contributed by atoms with Gasteiger partial charge < -0.3 is 19.8 Å². The van der Waals surface area contributed by atoms with Gasteiger partial charge in [0.25, 0.3) is 0 Å². The monoisotopic (exact) mass is 311 g/mol. The average molecular weight is 311 g/mol. The van der Waals surface area contributed by atoms with E-state index in [4.69, 9.17) is 14.9 Å². The van der Waals surface area contributed by atoms with Crippen LogP contribution in [0.15, 0.2) is 0 Å². The number of aliphatic hydroxyl groups is 2. The van der Waals surface area contributed by atoms with Crippen molar-refractivity contribution in [3.05, 3.63) is 0 Å². The Morgan fingerprint density at radius 3 is 1.73 bits per heavy atom. The van der Waals surface area contributed by atoms with Crippen molar-refractivity contribution in [1.29, 1.82) is 0 Å². The van der Waals surface area contributed by atoms with Gasteiger partial charge in [-0.2, -0.15) is 0 Å². The van der Waals surface area contributed by atoms with Crippen LogP contribution < -0.4 is 0 Å². The Morgan fingerprint density at radius 2 is 1.41 bits per heavy atom. The third-order valence-corrected chi connectivity index (χ3v) is 2.45. The Balaban J connectivity index is 0. The van der Waals surface area contributed by atoms with Crippen LogP contribution in [0.25, 0.3) is 0 Å². The number of unbranched alkanes of at least 4 members (excludes halogenated alkanes) is 2. The van der Waals surface area contributed by atoms with Crippen molar-refractivity contribution in [3.8, 4) is 23.7 Å². The standard InChI is InChI=1S/C10H14O2.C7H15NO2/c11-9-7-5-3-1-2-4-6-8-10-12;1-4-8(5-2)7(9)10-6-3/h11-12H,5-10H2;4-6H2,1-3H3. The lowest BCUT2D eigenvalue weighted by Gasteiger charge is -2.16. The van der Waals surface area contributed by atoms with Gasteiger partial charge in [0.15, 0.2) is 0 Å². The molecule has 0 fully saturated rings. The normalized spacial score (nSPS) is 8.41. The third-order valence-electron chi connectivity index (χ3n) is 2.45. The molecule has 0 spiro atoms. The molecule has 0 aliphatic heterocycles. The van der Waals surface area contributed by atoms with Crippen molar-refractivity contribution < 1.29 is 19.7 Å². The molecule has 126 valence electrons. The highest BCUT2D eigenvalue weighted by Gasteiger charge is 2.07. The number of aliphatic hydroxyl groups excluding tert-OH is 2. The topological polar surface area (TPSA) is 70.0 Å². The van der Waals surface area contributed by atoms with E-state index in [0.717, 1.165) is 13.1 Å². The van der Waals surface area contributed by atoms with Crippen LogP contribution in [0.2, 0.25) is 0 Å². The second-order valence-electron chi connectivity index (χ2n) is 4.13. The lowest BCUT2D eigenvalue weighted by atomic mass is 10.3. The molecule has 22 heavy (non-hydrogen) atoms. The summed E-state index contributed by atoms with van der Waals surface area (Å²) in [5.41, 5.74) is 0. The van der Waals surface area contributed by atoms with Gasteiger partial charge in [0.05, 0.1) is 6.61 Å². The predicted molar refractivity (Wildman–Crippen MR) is 88.1 cm³/mol. The highest BCUT2D eigenvalue weighted by molar-refractivity contribution is 5.67. The largest absolute Gasteiger partial charge is 0.450 e. The molecular weight excluding hydrogens is 282 g/mol. The number of rotatable bonds is 7. The highest BCUT2D eigenvalue weighted by Crippen LogP contribution is 1.91. The molecule has 0 rings (SSSR count). The van der Waals surface area contributed by atoms with Gasteiger partial charge in [0.1, 0.15) is 0 Å². The summed E-state index contributed by atoms with van der Waals surface area (Å²) in [5.74, 6) is 11.0. The summed E-state index contributed by atoms with van der Waals surface area (Å²) in [6.45, 7) is 7.93. The maximum Gasteiger partial charge on any atom is 0.409 e. The van der Waals surface area contributed by atoms with Gasteiger partial charge in [-0.25, -0.2) is 4.79 Å². The number of hydrogen-bond acceptors (Lipinski definition) is 4. The highest BCUT2D eigenvalue weighted by atomic mass is 16.6. The van der Waals surface area contributed by atoms with Crippen LogP contribution in [0.3, 0.4) is 0 Å². The summed E-state index contributed by atoms with van der Waals surface area (Å²) in [6.07, 6.45) is 2.61. The van der Waals surface area contributed by atoms with Crippen LogP contribution in [0.5, 0.6) is 0 Å². The first-order valence-electron chi connectivity index (χ1n) is 7.76. The minimum atomic E-state index is -0.215. The first-order valence-corrected chi connectivity index (χ1v) is 7.76. The number of ether oxygens (including phenoxy) is 1. The van der Waals surface area contributed by atoms with Crippen molar-refractivity contribution in [2.45, 2.75) is 46.5 Å². The van der Waals surface area contributed by atoms with E-state index in [1.165, 1.54) is 0 Å². The Morgan fingerprint density at radius 1 is 0.955 bits per heavy atom. The fourth-order valence-corrected chi connectivity index (χ4v) is 1.24. The summed E-state index contributed by atoms with van der Waals surface area (Å²) in [5, 5.41) is 16.8. The zero-order chi connectivity index (χ0) is 17.1. The molecule has 2 N–H and O–H groups in total. The SMILES string of the molecule is CCOC(=O)N(CC)CC.OCCCC#CC#CCCCO. The fourth-order valence-electron chi connectivity index (χ4n) is 1.24. The molecule has 5 heteroatoms. The smallest absolute Gasteiger partial charge is 0.409 e. The molecule has 0 unspecified atom stereocenters. The van der Waals surface area contributed by atoms with E-state index < -0.39 is 0 Å². The number of carbonyl (C=O) groups excluding carboxylic acids is 1. The number of carbonyl (C=O) groups is 1. The predicted octanol–water partition coefficient (Wildman–Crippen LogP) is 2.02. The molecule has 0 saturated carbocycles. The quantitative estimate of drug-likeness (QED) is 0.557. The molecule has 0 saturated heterocycles. The van der Waals surface area contributed by atoms with Crippen molar-refractivity contribution in [2.75, 3.05) is 32.9 Å². The van der Waals surface area contributed by atoms with Gasteiger partial charge in [0, 0.05) is 39.1 Å². The fraction of sp³-hybridized carbons (Fsp3) is 0.706. The Labute approximate surface area is 134 Å². The average Bonchev–Trinajstić information content (AvgIpc) is 2.52. The summed E-state index contributed by atoms with van der Waals surface area (Å²) >= 11 is 0. The van der Waals surface area contributed by atoms with E-state index in [2.05, 4.69) is 23.7 Å². The molecule has 0 aromatic carbocycles. The zero-order valence-corrected chi connectivity index (χ0v) is 14.0. The Bertz CT molecular complexity index is 346. The number of nitrogens with zero attached hydrogens (tertiary/aromatic N) is 1. The molecule has 0 aliphatic carbocycles. The van der Waals surface area contributed by atoms with Gasteiger partial charge in [-0.1, -0.05) is 11.8 Å². The van der Waals surface area contributed by atoms with Crippen LogP contribution in [0.4, 0.5) is 4.79 Å². The molecule has 0 aromatic heterocycles. The van der Waals surface area contributed by atoms with Crippen molar-refractivity contribution in [1.82, 2.24) is 4.90 Å². The van der Waals surface area contributed by atoms with Crippen molar-refractivity contribution in [2.24, 2.45) is 0 Å². The van der Waals surface area contributed by atoms with E-state index in [-0.39, 0.29) is 19.3 Å². The van der Waals surface area contributed by atoms with Crippen LogP contribution in [0.1, 0.15) is 46.5 Å². The molecule has 0 heterocycles. The maximum atomic E-state index is 10.9. The third kappa shape index (κ3) is 16.4. The molecular formula is C17H29NO4. The molecule has 1 amide bonds. The summed E-state index contributed by atoms with van der Waals surface area (Å²) < 4.78 is 4.77. The van der Waals surface area contributed by atoms with E-state index in [1.54, 1.807) is 11.8 Å². The lowest BCUT2D eigenvalue weighted by molar-refractivity contribution is 0.111. The second kappa shape index (κ2) is 19.3. The van der Waals surface area contributed by atoms with Crippen LogP contribution in [0, 0.1) is 23.7 Å². The summed E-state index contributed by atoms with van der Waals surface area (Å²) in [4.78, 5) is 12.6. The van der Waals surface area contributed by atoms with Gasteiger partial charge >= 0.3 is 6.09 Å². The second-order valence-corrected chi connectivity index (χ2v) is 4.13. The van der Waals surface area contributed by atoms with E-state index >= 15 is 0 Å². The maximum absolute atomic E-state index is 10.9. The first kappa shape index (κ1) is 22.6. The van der Waals surface area contributed by atoms with Crippen LogP contribution in [-0.2, 0) is 4.74 Å². The lowest BCUT2D eigenvalue weighted by Crippen LogP contribution is -2.30. The number of hydrogen-bond donors (Lipinski definition) is 2. The summed E-state index contributed by atoms with van der Waals surface area (Å²) in [7, 11) is 0. The number of amides is 1. The molecule has 5 nitrogen and oxygen atoms in total.